The zero-order chi connectivity index (χ0) is 8.55. The Labute approximate surface area is 87.8 Å². The average molecular weight is 285 g/mol. The zero-order valence-electron chi connectivity index (χ0n) is 6.04. The van der Waals surface area contributed by atoms with Crippen LogP contribution in [0.2, 0.25) is 0 Å². The van der Waals surface area contributed by atoms with Crippen molar-refractivity contribution in [1.29, 1.82) is 5.26 Å². The molecule has 0 radical (unpaired) electrons. The molecule has 0 amide bonds. The van der Waals surface area contributed by atoms with Crippen LogP contribution in [0.4, 0.5) is 0 Å². The van der Waals surface area contributed by atoms with E-state index in [1.165, 1.54) is 13.0 Å². The number of thiophene rings is 1. The maximum Gasteiger partial charge on any atom is 0.0992 e. The van der Waals surface area contributed by atoms with Gasteiger partial charge in [0.2, 0.25) is 0 Å². The third-order valence-electron chi connectivity index (χ3n) is 1.62. The summed E-state index contributed by atoms with van der Waals surface area (Å²) in [6, 6.07) is 10.0. The number of benzene rings is 1. The lowest BCUT2D eigenvalue weighted by Gasteiger charge is -1.87. The molecule has 2 rings (SSSR count). The molecule has 1 heterocycles. The van der Waals surface area contributed by atoms with Crippen molar-refractivity contribution in [3.8, 4) is 6.07 Å². The van der Waals surface area contributed by atoms with E-state index >= 15 is 0 Å². The van der Waals surface area contributed by atoms with Crippen LogP contribution in [0.15, 0.2) is 24.3 Å². The molecule has 12 heavy (non-hydrogen) atoms. The number of hydrogen-bond donors (Lipinski definition) is 0. The van der Waals surface area contributed by atoms with Crippen molar-refractivity contribution in [1.82, 2.24) is 0 Å². The van der Waals surface area contributed by atoms with Crippen LogP contribution in [-0.2, 0) is 0 Å². The highest BCUT2D eigenvalue weighted by Crippen LogP contribution is 2.27. The Balaban J connectivity index is 2.77. The summed E-state index contributed by atoms with van der Waals surface area (Å²) >= 11 is 4.01. The van der Waals surface area contributed by atoms with Gasteiger partial charge in [0.1, 0.15) is 0 Å². The molecule has 2 aromatic rings. The second kappa shape index (κ2) is 3.04. The third kappa shape index (κ3) is 1.32. The summed E-state index contributed by atoms with van der Waals surface area (Å²) in [7, 11) is 0. The van der Waals surface area contributed by atoms with Gasteiger partial charge in [-0.3, -0.25) is 0 Å². The molecule has 1 aromatic carbocycles. The van der Waals surface area contributed by atoms with E-state index in [-0.39, 0.29) is 0 Å². The van der Waals surface area contributed by atoms with Gasteiger partial charge in [-0.25, -0.2) is 0 Å². The van der Waals surface area contributed by atoms with Gasteiger partial charge in [0.15, 0.2) is 0 Å². The van der Waals surface area contributed by atoms with Crippen LogP contribution < -0.4 is 0 Å². The van der Waals surface area contributed by atoms with Crippen molar-refractivity contribution in [2.75, 3.05) is 0 Å². The minimum atomic E-state index is 0.737. The quantitative estimate of drug-likeness (QED) is 0.681. The fourth-order valence-electron chi connectivity index (χ4n) is 1.07. The van der Waals surface area contributed by atoms with E-state index in [0.29, 0.717) is 0 Å². The number of fused-ring (bicyclic) bond motifs is 1. The lowest BCUT2D eigenvalue weighted by Crippen LogP contribution is -1.69. The summed E-state index contributed by atoms with van der Waals surface area (Å²) in [5, 5.41) is 9.88. The molecular formula is C9H4INS. The molecule has 1 aromatic heterocycles. The largest absolute Gasteiger partial charge is 0.192 e. The van der Waals surface area contributed by atoms with Crippen LogP contribution in [0.3, 0.4) is 0 Å². The molecule has 0 saturated carbocycles. The molecule has 0 aliphatic rings. The second-order valence-corrected chi connectivity index (χ2v) is 5.39. The molecule has 0 aliphatic heterocycles. The van der Waals surface area contributed by atoms with Crippen LogP contribution >= 0.6 is 33.9 Å². The van der Waals surface area contributed by atoms with Crippen LogP contribution in [0, 0.1) is 14.2 Å². The Morgan fingerprint density at radius 3 is 2.92 bits per heavy atom. The Hall–Kier alpha value is -0.600. The maximum atomic E-state index is 8.66. The highest BCUT2D eigenvalue weighted by Gasteiger charge is 1.99. The van der Waals surface area contributed by atoms with Gasteiger partial charge in [0.25, 0.3) is 0 Å². The highest BCUT2D eigenvalue weighted by atomic mass is 127. The number of hydrogen-bond acceptors (Lipinski definition) is 2. The molecule has 0 atom stereocenters. The Morgan fingerprint density at radius 2 is 2.17 bits per heavy atom. The summed E-state index contributed by atoms with van der Waals surface area (Å²) in [6.45, 7) is 0. The number of nitriles is 1. The SMILES string of the molecule is N#Cc1ccc2cc(I)sc2c1. The predicted molar refractivity (Wildman–Crippen MR) is 59.3 cm³/mol. The molecule has 0 fully saturated rings. The van der Waals surface area contributed by atoms with Crippen molar-refractivity contribution in [3.63, 3.8) is 0 Å². The summed E-state index contributed by atoms with van der Waals surface area (Å²) in [5.41, 5.74) is 0.737. The van der Waals surface area contributed by atoms with Crippen molar-refractivity contribution in [3.05, 3.63) is 32.7 Å². The molecule has 0 spiro atoms. The van der Waals surface area contributed by atoms with E-state index in [1.54, 1.807) is 11.3 Å². The van der Waals surface area contributed by atoms with E-state index < -0.39 is 0 Å². The van der Waals surface area contributed by atoms with Crippen LogP contribution in [0.5, 0.6) is 0 Å². The van der Waals surface area contributed by atoms with Gasteiger partial charge in [-0.05, 0) is 46.2 Å². The Bertz CT molecular complexity index is 467. The molecule has 0 unspecified atom stereocenters. The summed E-state index contributed by atoms with van der Waals surface area (Å²) in [6.07, 6.45) is 0. The van der Waals surface area contributed by atoms with Crippen LogP contribution in [-0.4, -0.2) is 0 Å². The van der Waals surface area contributed by atoms with Crippen molar-refractivity contribution in [2.24, 2.45) is 0 Å². The highest BCUT2D eigenvalue weighted by molar-refractivity contribution is 14.1. The van der Waals surface area contributed by atoms with Crippen LogP contribution in [0.25, 0.3) is 10.1 Å². The Kier molecular flexibility index (Phi) is 2.03. The minimum Gasteiger partial charge on any atom is -0.192 e. The molecule has 1 nitrogen and oxygen atoms in total. The number of nitrogens with zero attached hydrogens (tertiary/aromatic N) is 1. The second-order valence-electron chi connectivity index (χ2n) is 2.41. The van der Waals surface area contributed by atoms with E-state index in [0.717, 1.165) is 5.56 Å². The standard InChI is InChI=1S/C9H4INS/c10-9-4-7-2-1-6(5-11)3-8(7)12-9/h1-4H. The third-order valence-corrected chi connectivity index (χ3v) is 3.48. The molecule has 3 heteroatoms. The fourth-order valence-corrected chi connectivity index (χ4v) is 2.94. The lowest BCUT2D eigenvalue weighted by molar-refractivity contribution is 1.50. The minimum absolute atomic E-state index is 0.737. The molecule has 0 saturated heterocycles. The molecule has 0 bridgehead atoms. The fraction of sp³-hybridized carbons (Fsp3) is 0. The van der Waals surface area contributed by atoms with E-state index in [9.17, 15) is 0 Å². The van der Waals surface area contributed by atoms with Gasteiger partial charge < -0.3 is 0 Å². The zero-order valence-corrected chi connectivity index (χ0v) is 9.02. The molecular weight excluding hydrogens is 281 g/mol. The first kappa shape index (κ1) is 8.02. The van der Waals surface area contributed by atoms with Gasteiger partial charge in [-0.1, -0.05) is 6.07 Å². The van der Waals surface area contributed by atoms with Gasteiger partial charge in [0.05, 0.1) is 14.5 Å². The molecule has 0 aliphatic carbocycles. The summed E-state index contributed by atoms with van der Waals surface area (Å²) in [4.78, 5) is 0. The van der Waals surface area contributed by atoms with Gasteiger partial charge >= 0.3 is 0 Å². The monoisotopic (exact) mass is 285 g/mol. The average Bonchev–Trinajstić information content (AvgIpc) is 2.43. The first-order valence-electron chi connectivity index (χ1n) is 3.39. The van der Waals surface area contributed by atoms with Crippen molar-refractivity contribution >= 4 is 44.0 Å². The topological polar surface area (TPSA) is 23.8 Å². The van der Waals surface area contributed by atoms with Gasteiger partial charge in [-0.15, -0.1) is 11.3 Å². The maximum absolute atomic E-state index is 8.66. The molecule has 0 N–H and O–H groups in total. The number of halogens is 1. The number of rotatable bonds is 0. The summed E-state index contributed by atoms with van der Waals surface area (Å²) in [5.74, 6) is 0. The Morgan fingerprint density at radius 1 is 1.33 bits per heavy atom. The van der Waals surface area contributed by atoms with Crippen molar-refractivity contribution < 1.29 is 0 Å². The van der Waals surface area contributed by atoms with Crippen molar-refractivity contribution in [2.45, 2.75) is 0 Å². The van der Waals surface area contributed by atoms with Gasteiger partial charge in [-0.2, -0.15) is 5.26 Å². The van der Waals surface area contributed by atoms with Gasteiger partial charge in [0, 0.05) is 4.70 Å². The predicted octanol–water partition coefficient (Wildman–Crippen LogP) is 3.38. The van der Waals surface area contributed by atoms with E-state index in [1.807, 2.05) is 18.2 Å². The molecule has 58 valence electrons. The first-order valence-corrected chi connectivity index (χ1v) is 5.28. The first-order chi connectivity index (χ1) is 5.79. The van der Waals surface area contributed by atoms with E-state index in [4.69, 9.17) is 5.26 Å². The van der Waals surface area contributed by atoms with E-state index in [2.05, 4.69) is 34.7 Å². The smallest absolute Gasteiger partial charge is 0.0992 e. The van der Waals surface area contributed by atoms with Crippen LogP contribution in [0.1, 0.15) is 5.56 Å². The summed E-state index contributed by atoms with van der Waals surface area (Å²) < 4.78 is 2.45. The lowest BCUT2D eigenvalue weighted by atomic mass is 10.2. The normalized spacial score (nSPS) is 10.0.